The molecule has 3 nitrogen and oxygen atoms in total. The Morgan fingerprint density at radius 2 is 1.70 bits per heavy atom. The summed E-state index contributed by atoms with van der Waals surface area (Å²) in [5, 5.41) is 1.64. The van der Waals surface area contributed by atoms with Crippen molar-refractivity contribution in [2.24, 2.45) is 0 Å². The first-order chi connectivity index (χ1) is 9.72. The minimum absolute atomic E-state index is 0.546. The van der Waals surface area contributed by atoms with E-state index in [9.17, 15) is 0 Å². The van der Waals surface area contributed by atoms with Crippen molar-refractivity contribution in [3.8, 4) is 11.5 Å². The van der Waals surface area contributed by atoms with E-state index in [0.717, 1.165) is 21.6 Å². The van der Waals surface area contributed by atoms with Crippen molar-refractivity contribution in [1.29, 1.82) is 0 Å². The molecule has 0 radical (unpaired) electrons. The number of methoxy groups -OCH3 is 2. The highest BCUT2D eigenvalue weighted by atomic mass is 35.5. The fraction of sp³-hybridized carbons (Fsp3) is 0.438. The molecule has 0 saturated heterocycles. The smallest absolute Gasteiger partial charge is 0.162 e. The molecular weight excluding hydrogens is 274 g/mol. The van der Waals surface area contributed by atoms with Crippen LogP contribution in [-0.2, 0) is 0 Å². The van der Waals surface area contributed by atoms with Crippen LogP contribution in [0.4, 0.5) is 0 Å². The lowest BCUT2D eigenvalue weighted by Gasteiger charge is -2.13. The maximum absolute atomic E-state index is 6.43. The number of rotatable bonds is 3. The molecule has 0 aliphatic heterocycles. The van der Waals surface area contributed by atoms with E-state index < -0.39 is 0 Å². The number of nitrogens with zero attached hydrogens (tertiary/aromatic N) is 1. The van der Waals surface area contributed by atoms with Gasteiger partial charge in [-0.25, -0.2) is 0 Å². The number of pyridine rings is 1. The van der Waals surface area contributed by atoms with Gasteiger partial charge in [-0.2, -0.15) is 0 Å². The van der Waals surface area contributed by atoms with Crippen LogP contribution in [0.15, 0.2) is 18.2 Å². The van der Waals surface area contributed by atoms with E-state index in [1.165, 1.54) is 25.7 Å². The molecule has 0 unspecified atom stereocenters. The fourth-order valence-electron chi connectivity index (χ4n) is 2.96. The first kappa shape index (κ1) is 13.5. The number of ether oxygens (including phenoxy) is 2. The molecule has 1 aliphatic carbocycles. The lowest BCUT2D eigenvalue weighted by atomic mass is 10.0. The predicted molar refractivity (Wildman–Crippen MR) is 81.1 cm³/mol. The van der Waals surface area contributed by atoms with Crippen LogP contribution in [0.3, 0.4) is 0 Å². The Balaban J connectivity index is 2.14. The zero-order valence-corrected chi connectivity index (χ0v) is 12.5. The second-order valence-electron chi connectivity index (χ2n) is 5.23. The summed E-state index contributed by atoms with van der Waals surface area (Å²) in [5.41, 5.74) is 1.98. The maximum atomic E-state index is 6.43. The normalized spacial score (nSPS) is 15.8. The summed E-state index contributed by atoms with van der Waals surface area (Å²) in [6, 6.07) is 5.80. The Morgan fingerprint density at radius 3 is 2.35 bits per heavy atom. The topological polar surface area (TPSA) is 31.4 Å². The van der Waals surface area contributed by atoms with Crippen molar-refractivity contribution in [2.45, 2.75) is 31.6 Å². The largest absolute Gasteiger partial charge is 0.493 e. The number of aromatic nitrogens is 1. The van der Waals surface area contributed by atoms with Crippen molar-refractivity contribution in [1.82, 2.24) is 4.98 Å². The van der Waals surface area contributed by atoms with Crippen LogP contribution in [-0.4, -0.2) is 19.2 Å². The molecule has 0 atom stereocenters. The van der Waals surface area contributed by atoms with E-state index in [1.807, 2.05) is 18.2 Å². The van der Waals surface area contributed by atoms with Crippen LogP contribution in [0.2, 0.25) is 5.02 Å². The van der Waals surface area contributed by atoms with Gasteiger partial charge in [-0.15, -0.1) is 0 Å². The van der Waals surface area contributed by atoms with E-state index in [0.29, 0.717) is 17.4 Å². The molecule has 4 heteroatoms. The van der Waals surface area contributed by atoms with Crippen LogP contribution in [0, 0.1) is 0 Å². The number of hydrogen-bond acceptors (Lipinski definition) is 3. The first-order valence-electron chi connectivity index (χ1n) is 6.95. The van der Waals surface area contributed by atoms with Gasteiger partial charge in [-0.05, 0) is 25.0 Å². The van der Waals surface area contributed by atoms with Crippen LogP contribution in [0.5, 0.6) is 11.5 Å². The van der Waals surface area contributed by atoms with Crippen LogP contribution < -0.4 is 9.47 Å². The average Bonchev–Trinajstić information content (AvgIpc) is 3.00. The Labute approximate surface area is 123 Å². The van der Waals surface area contributed by atoms with E-state index in [4.69, 9.17) is 26.1 Å². The molecule has 0 amide bonds. The van der Waals surface area contributed by atoms with E-state index in [-0.39, 0.29) is 0 Å². The predicted octanol–water partition coefficient (Wildman–Crippen LogP) is 4.56. The summed E-state index contributed by atoms with van der Waals surface area (Å²) in [6.07, 6.45) is 4.99. The molecule has 20 heavy (non-hydrogen) atoms. The van der Waals surface area contributed by atoms with Crippen molar-refractivity contribution in [3.63, 3.8) is 0 Å². The number of benzene rings is 1. The van der Waals surface area contributed by atoms with Crippen molar-refractivity contribution in [2.75, 3.05) is 14.2 Å². The van der Waals surface area contributed by atoms with Crippen molar-refractivity contribution < 1.29 is 9.47 Å². The lowest BCUT2D eigenvalue weighted by Crippen LogP contribution is -1.98. The molecule has 1 aliphatic rings. The minimum atomic E-state index is 0.546. The third kappa shape index (κ3) is 2.31. The van der Waals surface area contributed by atoms with E-state index in [1.54, 1.807) is 14.2 Å². The fourth-order valence-corrected chi connectivity index (χ4v) is 3.22. The minimum Gasteiger partial charge on any atom is -0.493 e. The van der Waals surface area contributed by atoms with Gasteiger partial charge in [0.1, 0.15) is 0 Å². The number of hydrogen-bond donors (Lipinski definition) is 0. The molecule has 3 rings (SSSR count). The molecule has 1 fully saturated rings. The second kappa shape index (κ2) is 5.49. The zero-order chi connectivity index (χ0) is 14.1. The molecule has 106 valence electrons. The third-order valence-corrected chi connectivity index (χ3v) is 4.37. The van der Waals surface area contributed by atoms with Crippen LogP contribution in [0.25, 0.3) is 10.9 Å². The average molecular weight is 292 g/mol. The van der Waals surface area contributed by atoms with Crippen LogP contribution in [0.1, 0.15) is 37.3 Å². The summed E-state index contributed by atoms with van der Waals surface area (Å²) in [4.78, 5) is 4.78. The van der Waals surface area contributed by atoms with Gasteiger partial charge in [-0.3, -0.25) is 4.98 Å². The van der Waals surface area contributed by atoms with Crippen molar-refractivity contribution >= 4 is 22.5 Å². The Bertz CT molecular complexity index is 636. The Kier molecular flexibility index (Phi) is 3.70. The standard InChI is InChI=1S/C16H18ClNO2/c1-19-15-7-11-12(17)8-13(10-5-3-4-6-10)18-14(11)9-16(15)20-2/h7-10H,3-6H2,1-2H3. The quantitative estimate of drug-likeness (QED) is 0.830. The van der Waals surface area contributed by atoms with Crippen molar-refractivity contribution in [3.05, 3.63) is 28.9 Å². The molecule has 1 heterocycles. The first-order valence-corrected chi connectivity index (χ1v) is 7.33. The van der Waals surface area contributed by atoms with Gasteiger partial charge < -0.3 is 9.47 Å². The molecule has 0 spiro atoms. The van der Waals surface area contributed by atoms with Gasteiger partial charge in [-0.1, -0.05) is 24.4 Å². The highest BCUT2D eigenvalue weighted by molar-refractivity contribution is 6.35. The summed E-state index contributed by atoms with van der Waals surface area (Å²) in [7, 11) is 3.25. The monoisotopic (exact) mass is 291 g/mol. The Hall–Kier alpha value is -1.48. The molecule has 0 bridgehead atoms. The maximum Gasteiger partial charge on any atom is 0.162 e. The molecule has 1 aromatic heterocycles. The zero-order valence-electron chi connectivity index (χ0n) is 11.8. The molecule has 2 aromatic rings. The lowest BCUT2D eigenvalue weighted by molar-refractivity contribution is 0.356. The highest BCUT2D eigenvalue weighted by Gasteiger charge is 2.20. The Morgan fingerprint density at radius 1 is 1.05 bits per heavy atom. The van der Waals surface area contributed by atoms with Gasteiger partial charge in [0.2, 0.25) is 0 Å². The molecule has 1 saturated carbocycles. The van der Waals surface area contributed by atoms with Gasteiger partial charge in [0.05, 0.1) is 24.8 Å². The van der Waals surface area contributed by atoms with Gasteiger partial charge >= 0.3 is 0 Å². The summed E-state index contributed by atoms with van der Waals surface area (Å²) >= 11 is 6.43. The molecular formula is C16H18ClNO2. The summed E-state index contributed by atoms with van der Waals surface area (Å²) < 4.78 is 10.7. The number of fused-ring (bicyclic) bond motifs is 1. The van der Waals surface area contributed by atoms with Gasteiger partial charge in [0.15, 0.2) is 11.5 Å². The summed E-state index contributed by atoms with van der Waals surface area (Å²) in [6.45, 7) is 0. The number of halogens is 1. The second-order valence-corrected chi connectivity index (χ2v) is 5.64. The highest BCUT2D eigenvalue weighted by Crippen LogP contribution is 2.38. The molecule has 0 N–H and O–H groups in total. The van der Waals surface area contributed by atoms with Gasteiger partial charge in [0, 0.05) is 23.1 Å². The van der Waals surface area contributed by atoms with E-state index >= 15 is 0 Å². The van der Waals surface area contributed by atoms with Crippen LogP contribution >= 0.6 is 11.6 Å². The van der Waals surface area contributed by atoms with Gasteiger partial charge in [0.25, 0.3) is 0 Å². The van der Waals surface area contributed by atoms with E-state index in [2.05, 4.69) is 0 Å². The SMILES string of the molecule is COc1cc2nc(C3CCCC3)cc(Cl)c2cc1OC. The third-order valence-electron chi connectivity index (χ3n) is 4.06. The summed E-state index contributed by atoms with van der Waals surface area (Å²) in [5.74, 6) is 1.91. The molecule has 1 aromatic carbocycles.